The van der Waals surface area contributed by atoms with E-state index in [2.05, 4.69) is 4.98 Å². The van der Waals surface area contributed by atoms with Gasteiger partial charge in [-0.2, -0.15) is 0 Å². The molecule has 0 unspecified atom stereocenters. The van der Waals surface area contributed by atoms with Gasteiger partial charge in [-0.25, -0.2) is 4.98 Å². The normalized spacial score (nSPS) is 10.2. The molecule has 0 saturated heterocycles. The summed E-state index contributed by atoms with van der Waals surface area (Å²) in [7, 11) is 1.60. The first-order valence-electron chi connectivity index (χ1n) is 5.48. The predicted molar refractivity (Wildman–Crippen MR) is 74.3 cm³/mol. The van der Waals surface area contributed by atoms with Crippen molar-refractivity contribution in [3.8, 4) is 5.75 Å². The first kappa shape index (κ1) is 13.2. The second-order valence-electron chi connectivity index (χ2n) is 3.73. The molecule has 1 aromatic carbocycles. The van der Waals surface area contributed by atoms with Crippen LogP contribution in [-0.2, 0) is 0 Å². The van der Waals surface area contributed by atoms with Crippen molar-refractivity contribution >= 4 is 23.4 Å². The van der Waals surface area contributed by atoms with E-state index in [0.29, 0.717) is 5.03 Å². The van der Waals surface area contributed by atoms with E-state index in [0.717, 1.165) is 10.6 Å². The molecule has 19 heavy (non-hydrogen) atoms. The maximum atomic E-state index is 11.2. The molecule has 0 aliphatic heterocycles. The Morgan fingerprint density at radius 1 is 1.37 bits per heavy atom. The summed E-state index contributed by atoms with van der Waals surface area (Å²) >= 11 is 1.38. The number of nitrogen functional groups attached to an aromatic ring is 1. The Morgan fingerprint density at radius 3 is 2.79 bits per heavy atom. The Balaban J connectivity index is 2.33. The number of hydrogen-bond donors (Lipinski definition) is 2. The molecule has 0 fully saturated rings. The number of methoxy groups -OCH3 is 1. The van der Waals surface area contributed by atoms with Gasteiger partial charge < -0.3 is 16.2 Å². The van der Waals surface area contributed by atoms with E-state index in [1.165, 1.54) is 18.0 Å². The average Bonchev–Trinajstić information content (AvgIpc) is 2.41. The third kappa shape index (κ3) is 2.97. The number of nitrogens with two attached hydrogens (primary N) is 2. The monoisotopic (exact) mass is 275 g/mol. The summed E-state index contributed by atoms with van der Waals surface area (Å²) in [5.74, 6) is 0.175. The molecule has 1 amide bonds. The number of carbonyl (C=O) groups is 1. The quantitative estimate of drug-likeness (QED) is 0.889. The van der Waals surface area contributed by atoms with Gasteiger partial charge >= 0.3 is 0 Å². The molecular formula is C13H13N3O2S. The van der Waals surface area contributed by atoms with Gasteiger partial charge in [0.2, 0.25) is 0 Å². The van der Waals surface area contributed by atoms with Gasteiger partial charge in [0.05, 0.1) is 29.5 Å². The fourth-order valence-corrected chi connectivity index (χ4v) is 2.44. The number of nitrogens with zero attached hydrogens (tertiary/aromatic N) is 1. The minimum Gasteiger partial charge on any atom is -0.496 e. The van der Waals surface area contributed by atoms with Gasteiger partial charge in [-0.1, -0.05) is 23.9 Å². The second kappa shape index (κ2) is 5.62. The fraction of sp³-hybridized carbons (Fsp3) is 0.0769. The van der Waals surface area contributed by atoms with Gasteiger partial charge in [-0.15, -0.1) is 0 Å². The molecular weight excluding hydrogens is 262 g/mol. The Hall–Kier alpha value is -2.21. The van der Waals surface area contributed by atoms with E-state index in [1.54, 1.807) is 13.2 Å². The summed E-state index contributed by atoms with van der Waals surface area (Å²) in [6.45, 7) is 0. The van der Waals surface area contributed by atoms with Crippen LogP contribution in [0.1, 0.15) is 10.4 Å². The Kier molecular flexibility index (Phi) is 3.91. The Bertz CT molecular complexity index is 617. The maximum Gasteiger partial charge on any atom is 0.250 e. The molecule has 4 N–H and O–H groups in total. The molecule has 6 heteroatoms. The van der Waals surface area contributed by atoms with Crippen LogP contribution in [0.2, 0.25) is 0 Å². The molecule has 2 aromatic rings. The molecule has 2 rings (SSSR count). The molecule has 0 aliphatic rings. The van der Waals surface area contributed by atoms with Crippen LogP contribution in [0.3, 0.4) is 0 Å². The summed E-state index contributed by atoms with van der Waals surface area (Å²) in [5, 5.41) is 0.632. The number of primary amides is 1. The highest BCUT2D eigenvalue weighted by Gasteiger charge is 2.10. The third-order valence-electron chi connectivity index (χ3n) is 2.46. The topological polar surface area (TPSA) is 91.2 Å². The summed E-state index contributed by atoms with van der Waals surface area (Å²) < 4.78 is 5.25. The summed E-state index contributed by atoms with van der Waals surface area (Å²) in [4.78, 5) is 16.3. The summed E-state index contributed by atoms with van der Waals surface area (Å²) in [6.07, 6.45) is 1.43. The Morgan fingerprint density at radius 2 is 2.11 bits per heavy atom. The van der Waals surface area contributed by atoms with Crippen molar-refractivity contribution < 1.29 is 9.53 Å². The number of para-hydroxylation sites is 1. The molecule has 1 heterocycles. The zero-order valence-electron chi connectivity index (χ0n) is 10.3. The number of pyridine rings is 1. The van der Waals surface area contributed by atoms with Crippen molar-refractivity contribution in [2.45, 2.75) is 9.92 Å². The fourth-order valence-electron chi connectivity index (χ4n) is 1.53. The van der Waals surface area contributed by atoms with Gasteiger partial charge in [0.15, 0.2) is 0 Å². The molecule has 98 valence electrons. The SMILES string of the molecule is COc1ccccc1Sc1cc(C(N)=O)c(N)cn1. The first-order valence-corrected chi connectivity index (χ1v) is 6.29. The van der Waals surface area contributed by atoms with E-state index in [-0.39, 0.29) is 11.3 Å². The lowest BCUT2D eigenvalue weighted by atomic mass is 10.2. The zero-order valence-corrected chi connectivity index (χ0v) is 11.1. The number of ether oxygens (including phenoxy) is 1. The highest BCUT2D eigenvalue weighted by molar-refractivity contribution is 7.99. The molecule has 0 atom stereocenters. The van der Waals surface area contributed by atoms with Gasteiger partial charge in [-0.05, 0) is 18.2 Å². The van der Waals surface area contributed by atoms with Crippen LogP contribution in [0.15, 0.2) is 46.5 Å². The number of carbonyl (C=O) groups excluding carboxylic acids is 1. The van der Waals surface area contributed by atoms with Crippen LogP contribution < -0.4 is 16.2 Å². The lowest BCUT2D eigenvalue weighted by Crippen LogP contribution is -2.13. The molecule has 0 saturated carbocycles. The van der Waals surface area contributed by atoms with Gasteiger partial charge in [0.25, 0.3) is 5.91 Å². The third-order valence-corrected chi connectivity index (χ3v) is 3.45. The predicted octanol–water partition coefficient (Wildman–Crippen LogP) is 1.92. The number of anilines is 1. The van der Waals surface area contributed by atoms with Crippen molar-refractivity contribution in [3.63, 3.8) is 0 Å². The molecule has 1 aromatic heterocycles. The number of benzene rings is 1. The van der Waals surface area contributed by atoms with Gasteiger partial charge in [-0.3, -0.25) is 4.79 Å². The van der Waals surface area contributed by atoms with Crippen LogP contribution in [0.5, 0.6) is 5.75 Å². The number of amides is 1. The average molecular weight is 275 g/mol. The second-order valence-corrected chi connectivity index (χ2v) is 4.79. The minimum atomic E-state index is -0.568. The van der Waals surface area contributed by atoms with Crippen LogP contribution in [-0.4, -0.2) is 18.0 Å². The van der Waals surface area contributed by atoms with E-state index >= 15 is 0 Å². The molecule has 0 bridgehead atoms. The van der Waals surface area contributed by atoms with E-state index in [4.69, 9.17) is 16.2 Å². The molecule has 0 radical (unpaired) electrons. The van der Waals surface area contributed by atoms with Crippen LogP contribution >= 0.6 is 11.8 Å². The Labute approximate surface area is 115 Å². The first-order chi connectivity index (χ1) is 9.11. The molecule has 0 aliphatic carbocycles. The number of rotatable bonds is 4. The van der Waals surface area contributed by atoms with Gasteiger partial charge in [0, 0.05) is 0 Å². The highest BCUT2D eigenvalue weighted by Crippen LogP contribution is 2.34. The maximum absolute atomic E-state index is 11.2. The van der Waals surface area contributed by atoms with Crippen molar-refractivity contribution in [2.75, 3.05) is 12.8 Å². The number of aromatic nitrogens is 1. The summed E-state index contributed by atoms with van der Waals surface area (Å²) in [6, 6.07) is 9.13. The smallest absolute Gasteiger partial charge is 0.250 e. The minimum absolute atomic E-state index is 0.271. The summed E-state index contributed by atoms with van der Waals surface area (Å²) in [5.41, 5.74) is 11.4. The van der Waals surface area contributed by atoms with Crippen molar-refractivity contribution in [1.29, 1.82) is 0 Å². The van der Waals surface area contributed by atoms with Crippen LogP contribution in [0.25, 0.3) is 0 Å². The highest BCUT2D eigenvalue weighted by atomic mass is 32.2. The molecule has 5 nitrogen and oxygen atoms in total. The van der Waals surface area contributed by atoms with Crippen LogP contribution in [0.4, 0.5) is 5.69 Å². The lowest BCUT2D eigenvalue weighted by molar-refractivity contribution is 0.100. The van der Waals surface area contributed by atoms with Gasteiger partial charge in [0.1, 0.15) is 10.8 Å². The standard InChI is InChI=1S/C13H13N3O2S/c1-18-10-4-2-3-5-11(10)19-12-6-8(13(15)17)9(14)7-16-12/h2-7H,14H2,1H3,(H2,15,17). The lowest BCUT2D eigenvalue weighted by Gasteiger charge is -2.08. The molecule has 0 spiro atoms. The van der Waals surface area contributed by atoms with Crippen molar-refractivity contribution in [2.24, 2.45) is 5.73 Å². The van der Waals surface area contributed by atoms with E-state index in [1.807, 2.05) is 24.3 Å². The van der Waals surface area contributed by atoms with E-state index < -0.39 is 5.91 Å². The largest absolute Gasteiger partial charge is 0.496 e. The van der Waals surface area contributed by atoms with Crippen molar-refractivity contribution in [3.05, 3.63) is 42.1 Å². The van der Waals surface area contributed by atoms with E-state index in [9.17, 15) is 4.79 Å². The number of hydrogen-bond acceptors (Lipinski definition) is 5. The zero-order chi connectivity index (χ0) is 13.8. The van der Waals surface area contributed by atoms with Crippen LogP contribution in [0, 0.1) is 0 Å². The van der Waals surface area contributed by atoms with Crippen molar-refractivity contribution in [1.82, 2.24) is 4.98 Å².